The van der Waals surface area contributed by atoms with E-state index < -0.39 is 12.1 Å². The van der Waals surface area contributed by atoms with Gasteiger partial charge in [-0.05, 0) is 55.0 Å². The molecule has 1 aliphatic heterocycles. The number of ether oxygens (including phenoxy) is 2. The Labute approximate surface area is 226 Å². The van der Waals surface area contributed by atoms with E-state index in [1.807, 2.05) is 18.2 Å². The number of halogens is 3. The van der Waals surface area contributed by atoms with Crippen molar-refractivity contribution in [3.63, 3.8) is 0 Å². The molecule has 0 bridgehead atoms. The highest BCUT2D eigenvalue weighted by Crippen LogP contribution is 2.34. The van der Waals surface area contributed by atoms with Gasteiger partial charge >= 0.3 is 6.18 Å². The number of nitrogens with zero attached hydrogens (tertiary/aromatic N) is 3. The molecule has 5 rings (SSSR count). The Morgan fingerprint density at radius 2 is 1.95 bits per heavy atom. The monoisotopic (exact) mass is 538 g/mol. The van der Waals surface area contributed by atoms with E-state index >= 15 is 0 Å². The van der Waals surface area contributed by atoms with Crippen LogP contribution in [0.1, 0.15) is 32.0 Å². The van der Waals surface area contributed by atoms with Crippen molar-refractivity contribution in [2.24, 2.45) is 5.92 Å². The summed E-state index contributed by atoms with van der Waals surface area (Å²) in [5, 5.41) is 3.37. The summed E-state index contributed by atoms with van der Waals surface area (Å²) in [5.74, 6) is 0.882. The summed E-state index contributed by atoms with van der Waals surface area (Å²) in [4.78, 5) is 7.28. The van der Waals surface area contributed by atoms with E-state index in [0.717, 1.165) is 86.4 Å². The maximum atomic E-state index is 12.9. The molecule has 39 heavy (non-hydrogen) atoms. The maximum Gasteiger partial charge on any atom is 0.395 e. The summed E-state index contributed by atoms with van der Waals surface area (Å²) in [5.41, 5.74) is 8.77. The Kier molecular flexibility index (Phi) is 8.44. The molecule has 2 aliphatic carbocycles. The second kappa shape index (κ2) is 12.1. The molecule has 1 unspecified atom stereocenters. The van der Waals surface area contributed by atoms with Crippen LogP contribution in [0.2, 0.25) is 0 Å². The van der Waals surface area contributed by atoms with Crippen LogP contribution < -0.4 is 10.1 Å². The van der Waals surface area contributed by atoms with Gasteiger partial charge in [0.2, 0.25) is 0 Å². The zero-order chi connectivity index (χ0) is 27.2. The molecular formula is C30H33F3N4O2. The number of nitrogens with one attached hydrogen (secondary N) is 1. The molecule has 2 heterocycles. The number of allylic oxidation sites excluding steroid dienone is 6. The first kappa shape index (κ1) is 27.1. The van der Waals surface area contributed by atoms with Crippen molar-refractivity contribution in [2.45, 2.75) is 38.9 Å². The maximum absolute atomic E-state index is 12.9. The Hall–Kier alpha value is -3.48. The molecule has 3 aliphatic rings. The molecule has 0 amide bonds. The van der Waals surface area contributed by atoms with Gasteiger partial charge in [-0.1, -0.05) is 25.2 Å². The van der Waals surface area contributed by atoms with E-state index in [9.17, 15) is 13.2 Å². The van der Waals surface area contributed by atoms with E-state index in [-0.39, 0.29) is 6.42 Å². The minimum atomic E-state index is -4.25. The SMILES string of the molecule is CCCCn1c(C2=C=C=C(OC3=CCC(C(F)(F)F)C=C3)C=C2)nc2ccc(OCCN3CCNCC3)cc21. The average Bonchev–Trinajstić information content (AvgIpc) is 3.30. The van der Waals surface area contributed by atoms with Gasteiger partial charge in [-0.25, -0.2) is 4.98 Å². The van der Waals surface area contributed by atoms with Crippen LogP contribution >= 0.6 is 0 Å². The quantitative estimate of drug-likeness (QED) is 0.391. The van der Waals surface area contributed by atoms with Crippen molar-refractivity contribution in [3.05, 3.63) is 77.4 Å². The fourth-order valence-corrected chi connectivity index (χ4v) is 4.78. The minimum absolute atomic E-state index is 0.139. The molecule has 1 atom stereocenters. The molecule has 1 fully saturated rings. The number of hydrogen-bond donors (Lipinski definition) is 1. The van der Waals surface area contributed by atoms with Crippen LogP contribution in [0.4, 0.5) is 13.2 Å². The summed E-state index contributed by atoms with van der Waals surface area (Å²) in [6.07, 6.45) is 5.19. The topological polar surface area (TPSA) is 51.6 Å². The summed E-state index contributed by atoms with van der Waals surface area (Å²) < 4.78 is 52.7. The van der Waals surface area contributed by atoms with Crippen LogP contribution in [0.25, 0.3) is 16.6 Å². The van der Waals surface area contributed by atoms with Crippen LogP contribution in [-0.2, 0) is 11.3 Å². The van der Waals surface area contributed by atoms with Gasteiger partial charge in [0.05, 0.1) is 22.5 Å². The number of aromatic nitrogens is 2. The summed E-state index contributed by atoms with van der Waals surface area (Å²) in [6.45, 7) is 8.61. The fraction of sp³-hybridized carbons (Fsp3) is 0.433. The number of hydrogen-bond acceptors (Lipinski definition) is 5. The second-order valence-corrected chi connectivity index (χ2v) is 9.84. The normalized spacial score (nSPS) is 19.7. The largest absolute Gasteiger partial charge is 0.492 e. The third-order valence-corrected chi connectivity index (χ3v) is 7.02. The molecule has 0 saturated carbocycles. The number of alkyl halides is 3. The summed E-state index contributed by atoms with van der Waals surface area (Å²) in [6, 6.07) is 6.00. The summed E-state index contributed by atoms with van der Waals surface area (Å²) in [7, 11) is 0. The van der Waals surface area contributed by atoms with E-state index in [1.54, 1.807) is 6.08 Å². The van der Waals surface area contributed by atoms with Crippen LogP contribution in [0, 0.1) is 5.92 Å². The van der Waals surface area contributed by atoms with Gasteiger partial charge in [0.25, 0.3) is 0 Å². The molecule has 1 saturated heterocycles. The second-order valence-electron chi connectivity index (χ2n) is 9.84. The van der Waals surface area contributed by atoms with E-state index in [4.69, 9.17) is 14.5 Å². The zero-order valence-corrected chi connectivity index (χ0v) is 22.1. The van der Waals surface area contributed by atoms with Gasteiger partial charge in [0, 0.05) is 45.3 Å². The van der Waals surface area contributed by atoms with Gasteiger partial charge in [-0.15, -0.1) is 0 Å². The van der Waals surface area contributed by atoms with Crippen molar-refractivity contribution in [1.29, 1.82) is 0 Å². The molecule has 206 valence electrons. The van der Waals surface area contributed by atoms with E-state index in [1.165, 1.54) is 12.2 Å². The lowest BCUT2D eigenvalue weighted by Crippen LogP contribution is -2.44. The number of aryl methyl sites for hydroxylation is 1. The van der Waals surface area contributed by atoms with Crippen LogP contribution in [0.15, 0.2) is 71.6 Å². The number of unbranched alkanes of at least 4 members (excludes halogenated alkanes) is 1. The molecule has 1 aromatic carbocycles. The van der Waals surface area contributed by atoms with Gasteiger partial charge in [-0.2, -0.15) is 13.2 Å². The van der Waals surface area contributed by atoms with Crippen LogP contribution in [0.5, 0.6) is 5.75 Å². The number of piperazine rings is 1. The van der Waals surface area contributed by atoms with Crippen molar-refractivity contribution < 1.29 is 22.6 Å². The Bertz CT molecular complexity index is 1380. The van der Waals surface area contributed by atoms with Crippen LogP contribution in [0.3, 0.4) is 0 Å². The lowest BCUT2D eigenvalue weighted by Gasteiger charge is -2.26. The highest BCUT2D eigenvalue weighted by Gasteiger charge is 2.38. The van der Waals surface area contributed by atoms with Crippen molar-refractivity contribution in [3.8, 4) is 5.75 Å². The molecule has 9 heteroatoms. The lowest BCUT2D eigenvalue weighted by molar-refractivity contribution is -0.160. The van der Waals surface area contributed by atoms with Gasteiger partial charge in [0.15, 0.2) is 5.76 Å². The number of rotatable bonds is 10. The number of benzene rings is 1. The molecule has 1 aromatic heterocycles. The van der Waals surface area contributed by atoms with Gasteiger partial charge in [0.1, 0.15) is 23.9 Å². The predicted octanol–water partition coefficient (Wildman–Crippen LogP) is 5.75. The molecule has 6 nitrogen and oxygen atoms in total. The van der Waals surface area contributed by atoms with Crippen molar-refractivity contribution >= 4 is 16.6 Å². The standard InChI is InChI=1S/C30H33F3N4O2/c1-2-3-16-37-28-21-26(38-20-19-36-17-14-34-15-18-36)12-13-27(28)35-29(37)22-4-8-24(9-5-22)39-25-10-6-23(7-11-25)30(31,32)33/h4,6,8,10-13,21,23,34H,2-3,7,14-20H2,1H3. The van der Waals surface area contributed by atoms with Crippen molar-refractivity contribution in [1.82, 2.24) is 19.8 Å². The van der Waals surface area contributed by atoms with E-state index in [0.29, 0.717) is 18.1 Å². The third kappa shape index (κ3) is 6.75. The number of imidazole rings is 1. The molecule has 0 radical (unpaired) electrons. The van der Waals surface area contributed by atoms with E-state index in [2.05, 4.69) is 39.2 Å². The minimum Gasteiger partial charge on any atom is -0.492 e. The first-order valence-electron chi connectivity index (χ1n) is 13.5. The lowest BCUT2D eigenvalue weighted by atomic mass is 10.00. The first-order chi connectivity index (χ1) is 18.9. The Morgan fingerprint density at radius 1 is 1.10 bits per heavy atom. The highest BCUT2D eigenvalue weighted by molar-refractivity contribution is 5.83. The molecular weight excluding hydrogens is 505 g/mol. The third-order valence-electron chi connectivity index (χ3n) is 7.02. The highest BCUT2D eigenvalue weighted by atomic mass is 19.4. The van der Waals surface area contributed by atoms with Gasteiger partial charge in [-0.3, -0.25) is 4.90 Å². The van der Waals surface area contributed by atoms with Crippen LogP contribution in [-0.4, -0.2) is 60.0 Å². The number of fused-ring (bicyclic) bond motifs is 1. The average molecular weight is 539 g/mol. The smallest absolute Gasteiger partial charge is 0.395 e. The fourth-order valence-electron chi connectivity index (χ4n) is 4.78. The summed E-state index contributed by atoms with van der Waals surface area (Å²) >= 11 is 0. The van der Waals surface area contributed by atoms with Gasteiger partial charge < -0.3 is 19.4 Å². The van der Waals surface area contributed by atoms with Crippen molar-refractivity contribution in [2.75, 3.05) is 39.3 Å². The molecule has 1 N–H and O–H groups in total. The molecule has 0 spiro atoms. The Balaban J connectivity index is 1.33. The Morgan fingerprint density at radius 3 is 2.64 bits per heavy atom. The zero-order valence-electron chi connectivity index (χ0n) is 22.1. The predicted molar refractivity (Wildman–Crippen MR) is 145 cm³/mol. The molecule has 2 aromatic rings. The first-order valence-corrected chi connectivity index (χ1v) is 13.5.